The van der Waals surface area contributed by atoms with Crippen molar-refractivity contribution in [2.75, 3.05) is 0 Å². The third-order valence-electron chi connectivity index (χ3n) is 2.16. The number of rotatable bonds is 3. The van der Waals surface area contributed by atoms with E-state index in [1.165, 1.54) is 0 Å². The Morgan fingerprint density at radius 3 is 2.87 bits per heavy atom. The number of nitrogens with one attached hydrogen (secondary N) is 2. The van der Waals surface area contributed by atoms with Crippen LogP contribution in [0.15, 0.2) is 24.7 Å². The number of hydrogen-bond donors (Lipinski definition) is 3. The van der Waals surface area contributed by atoms with Gasteiger partial charge in [0, 0.05) is 29.9 Å². The van der Waals surface area contributed by atoms with Crippen LogP contribution >= 0.6 is 0 Å². The monoisotopic (exact) mass is 204 g/mol. The van der Waals surface area contributed by atoms with Gasteiger partial charge in [0.05, 0.1) is 11.9 Å². The van der Waals surface area contributed by atoms with Gasteiger partial charge in [-0.1, -0.05) is 0 Å². The van der Waals surface area contributed by atoms with Crippen molar-refractivity contribution in [3.05, 3.63) is 30.5 Å². The second-order valence-corrected chi connectivity index (χ2v) is 4.51. The van der Waals surface area contributed by atoms with Crippen molar-refractivity contribution in [1.29, 1.82) is 0 Å². The topological polar surface area (TPSA) is 70.5 Å². The van der Waals surface area contributed by atoms with Crippen LogP contribution in [0, 0.1) is 0 Å². The van der Waals surface area contributed by atoms with Gasteiger partial charge in [-0.2, -0.15) is 0 Å². The molecule has 0 aliphatic carbocycles. The molecule has 0 saturated heterocycles. The SMILES string of the molecule is CC(C)(N)Cc1ncc(-c2cc[nH]c2)[nH]1. The fourth-order valence-corrected chi connectivity index (χ4v) is 1.52. The number of hydrogen-bond acceptors (Lipinski definition) is 2. The lowest BCUT2D eigenvalue weighted by atomic mass is 10.0. The van der Waals surface area contributed by atoms with E-state index in [4.69, 9.17) is 5.73 Å². The quantitative estimate of drug-likeness (QED) is 0.712. The predicted molar refractivity (Wildman–Crippen MR) is 60.3 cm³/mol. The summed E-state index contributed by atoms with van der Waals surface area (Å²) in [6.45, 7) is 3.98. The average molecular weight is 204 g/mol. The molecule has 2 heterocycles. The molecule has 0 radical (unpaired) electrons. The maximum Gasteiger partial charge on any atom is 0.108 e. The van der Waals surface area contributed by atoms with E-state index >= 15 is 0 Å². The molecule has 0 spiro atoms. The van der Waals surface area contributed by atoms with Gasteiger partial charge >= 0.3 is 0 Å². The minimum absolute atomic E-state index is 0.229. The summed E-state index contributed by atoms with van der Waals surface area (Å²) in [5, 5.41) is 0. The molecule has 4 nitrogen and oxygen atoms in total. The number of H-pyrrole nitrogens is 2. The Balaban J connectivity index is 2.18. The Kier molecular flexibility index (Phi) is 2.36. The molecule has 0 fully saturated rings. The smallest absolute Gasteiger partial charge is 0.108 e. The summed E-state index contributed by atoms with van der Waals surface area (Å²) in [7, 11) is 0. The minimum atomic E-state index is -0.229. The number of aromatic nitrogens is 3. The highest BCUT2D eigenvalue weighted by Gasteiger charge is 2.14. The summed E-state index contributed by atoms with van der Waals surface area (Å²) in [4.78, 5) is 10.6. The van der Waals surface area contributed by atoms with E-state index in [9.17, 15) is 0 Å². The summed E-state index contributed by atoms with van der Waals surface area (Å²) in [5.74, 6) is 0.929. The molecule has 4 heteroatoms. The number of nitrogens with zero attached hydrogens (tertiary/aromatic N) is 1. The molecule has 0 bridgehead atoms. The van der Waals surface area contributed by atoms with Gasteiger partial charge in [-0.15, -0.1) is 0 Å². The van der Waals surface area contributed by atoms with Crippen LogP contribution in [0.5, 0.6) is 0 Å². The molecule has 2 aromatic rings. The van der Waals surface area contributed by atoms with Gasteiger partial charge in [-0.05, 0) is 19.9 Å². The molecular weight excluding hydrogens is 188 g/mol. The van der Waals surface area contributed by atoms with Crippen LogP contribution in [0.25, 0.3) is 11.3 Å². The van der Waals surface area contributed by atoms with Crippen molar-refractivity contribution in [2.24, 2.45) is 5.73 Å². The fourth-order valence-electron chi connectivity index (χ4n) is 1.52. The summed E-state index contributed by atoms with van der Waals surface area (Å²) in [6, 6.07) is 2.00. The van der Waals surface area contributed by atoms with E-state index < -0.39 is 0 Å². The Hall–Kier alpha value is -1.55. The normalized spacial score (nSPS) is 11.9. The lowest BCUT2D eigenvalue weighted by molar-refractivity contribution is 0.505. The third-order valence-corrected chi connectivity index (χ3v) is 2.16. The van der Waals surface area contributed by atoms with Gasteiger partial charge in [0.1, 0.15) is 5.82 Å². The summed E-state index contributed by atoms with van der Waals surface area (Å²) in [6.07, 6.45) is 6.41. The first-order valence-electron chi connectivity index (χ1n) is 5.00. The molecule has 0 aromatic carbocycles. The van der Waals surface area contributed by atoms with Crippen molar-refractivity contribution >= 4 is 0 Å². The highest BCUT2D eigenvalue weighted by Crippen LogP contribution is 2.17. The van der Waals surface area contributed by atoms with Crippen molar-refractivity contribution in [1.82, 2.24) is 15.0 Å². The molecule has 80 valence electrons. The lowest BCUT2D eigenvalue weighted by Crippen LogP contribution is -2.34. The zero-order valence-corrected chi connectivity index (χ0v) is 9.04. The van der Waals surface area contributed by atoms with Crippen LogP contribution in [0.4, 0.5) is 0 Å². The van der Waals surface area contributed by atoms with E-state index in [1.807, 2.05) is 38.5 Å². The van der Waals surface area contributed by atoms with Crippen molar-refractivity contribution < 1.29 is 0 Å². The largest absolute Gasteiger partial charge is 0.367 e. The molecule has 0 saturated carbocycles. The Bertz CT molecular complexity index is 420. The maximum atomic E-state index is 5.93. The molecule has 0 amide bonds. The zero-order chi connectivity index (χ0) is 10.9. The summed E-state index contributed by atoms with van der Waals surface area (Å²) >= 11 is 0. The minimum Gasteiger partial charge on any atom is -0.367 e. The van der Waals surface area contributed by atoms with E-state index in [0.717, 1.165) is 23.5 Å². The molecule has 0 atom stereocenters. The van der Waals surface area contributed by atoms with Crippen LogP contribution in [0.1, 0.15) is 19.7 Å². The van der Waals surface area contributed by atoms with Crippen LogP contribution in [0.2, 0.25) is 0 Å². The molecule has 0 unspecified atom stereocenters. The van der Waals surface area contributed by atoms with Gasteiger partial charge in [0.2, 0.25) is 0 Å². The van der Waals surface area contributed by atoms with Crippen LogP contribution in [-0.2, 0) is 6.42 Å². The van der Waals surface area contributed by atoms with Gasteiger partial charge in [-0.25, -0.2) is 4.98 Å². The second kappa shape index (κ2) is 3.55. The van der Waals surface area contributed by atoms with Crippen molar-refractivity contribution in [2.45, 2.75) is 25.8 Å². The van der Waals surface area contributed by atoms with Gasteiger partial charge < -0.3 is 15.7 Å². The summed E-state index contributed by atoms with van der Waals surface area (Å²) in [5.41, 5.74) is 7.84. The first-order valence-corrected chi connectivity index (χ1v) is 5.00. The van der Waals surface area contributed by atoms with Gasteiger partial charge in [0.15, 0.2) is 0 Å². The highest BCUT2D eigenvalue weighted by atomic mass is 14.9. The van der Waals surface area contributed by atoms with Crippen LogP contribution in [0.3, 0.4) is 0 Å². The Morgan fingerprint density at radius 1 is 1.47 bits per heavy atom. The van der Waals surface area contributed by atoms with Gasteiger partial charge in [-0.3, -0.25) is 0 Å². The Morgan fingerprint density at radius 2 is 2.27 bits per heavy atom. The van der Waals surface area contributed by atoms with E-state index in [0.29, 0.717) is 0 Å². The van der Waals surface area contributed by atoms with Crippen molar-refractivity contribution in [3.63, 3.8) is 0 Å². The number of imidazole rings is 1. The molecule has 2 aromatic heterocycles. The fraction of sp³-hybridized carbons (Fsp3) is 0.364. The highest BCUT2D eigenvalue weighted by molar-refractivity contribution is 5.57. The van der Waals surface area contributed by atoms with E-state index in [1.54, 1.807) is 0 Å². The molecule has 15 heavy (non-hydrogen) atoms. The number of aromatic amines is 2. The molecule has 0 aliphatic heterocycles. The average Bonchev–Trinajstić information content (AvgIpc) is 2.68. The molecule has 0 aliphatic rings. The third kappa shape index (κ3) is 2.47. The van der Waals surface area contributed by atoms with Gasteiger partial charge in [0.25, 0.3) is 0 Å². The van der Waals surface area contributed by atoms with E-state index in [-0.39, 0.29) is 5.54 Å². The first kappa shape index (κ1) is 9.98. The maximum absolute atomic E-state index is 5.93. The zero-order valence-electron chi connectivity index (χ0n) is 9.04. The molecular formula is C11H16N4. The molecule has 2 rings (SSSR count). The van der Waals surface area contributed by atoms with Crippen LogP contribution in [-0.4, -0.2) is 20.5 Å². The standard InChI is InChI=1S/C11H16N4/c1-11(2,12)5-10-14-7-9(15-10)8-3-4-13-6-8/h3-4,6-7,13H,5,12H2,1-2H3,(H,14,15). The molecule has 4 N–H and O–H groups in total. The van der Waals surface area contributed by atoms with Crippen LogP contribution < -0.4 is 5.73 Å². The Labute approximate surface area is 88.9 Å². The first-order chi connectivity index (χ1) is 7.04. The lowest BCUT2D eigenvalue weighted by Gasteiger charge is -2.15. The summed E-state index contributed by atoms with van der Waals surface area (Å²) < 4.78 is 0. The second-order valence-electron chi connectivity index (χ2n) is 4.51. The number of nitrogens with two attached hydrogens (primary N) is 1. The van der Waals surface area contributed by atoms with Crippen molar-refractivity contribution in [3.8, 4) is 11.3 Å². The van der Waals surface area contributed by atoms with E-state index in [2.05, 4.69) is 15.0 Å². The predicted octanol–water partition coefficient (Wildman–Crippen LogP) is 1.68.